The van der Waals surface area contributed by atoms with Gasteiger partial charge in [0.2, 0.25) is 0 Å². The molecule has 0 spiro atoms. The summed E-state index contributed by atoms with van der Waals surface area (Å²) < 4.78 is 44.5. The van der Waals surface area contributed by atoms with E-state index in [2.05, 4.69) is 20.9 Å². The quantitative estimate of drug-likeness (QED) is 0.336. The molecule has 178 valence electrons. The predicted octanol–water partition coefficient (Wildman–Crippen LogP) is 4.34. The molecule has 0 aliphatic carbocycles. The molecule has 11 heteroatoms. The summed E-state index contributed by atoms with van der Waals surface area (Å²) in [7, 11) is 1.49. The third kappa shape index (κ3) is 5.13. The van der Waals surface area contributed by atoms with E-state index in [0.717, 1.165) is 12.1 Å². The number of hydrogen-bond acceptors (Lipinski definition) is 7. The highest BCUT2D eigenvalue weighted by molar-refractivity contribution is 5.92. The van der Waals surface area contributed by atoms with Crippen molar-refractivity contribution in [3.05, 3.63) is 98.6 Å². The van der Waals surface area contributed by atoms with Crippen molar-refractivity contribution in [2.45, 2.75) is 6.18 Å². The highest BCUT2D eigenvalue weighted by Gasteiger charge is 2.30. The van der Waals surface area contributed by atoms with Crippen molar-refractivity contribution in [2.24, 2.45) is 0 Å². The van der Waals surface area contributed by atoms with Gasteiger partial charge in [0.05, 0.1) is 5.56 Å². The van der Waals surface area contributed by atoms with Gasteiger partial charge in [0.15, 0.2) is 0 Å². The van der Waals surface area contributed by atoms with Crippen LogP contribution in [0, 0.1) is 0 Å². The fraction of sp³-hybridized carbons (Fsp3) is 0.0833. The first-order valence-corrected chi connectivity index (χ1v) is 10.2. The van der Waals surface area contributed by atoms with E-state index in [-0.39, 0.29) is 28.7 Å². The van der Waals surface area contributed by atoms with Gasteiger partial charge in [0.25, 0.3) is 16.8 Å². The van der Waals surface area contributed by atoms with Crippen LogP contribution in [0.1, 0.15) is 16.1 Å². The molecule has 35 heavy (non-hydrogen) atoms. The highest BCUT2D eigenvalue weighted by Crippen LogP contribution is 2.32. The molecule has 8 nitrogen and oxygen atoms in total. The normalized spacial score (nSPS) is 11.2. The Hall–Kier alpha value is -4.67. The molecule has 0 bridgehead atoms. The van der Waals surface area contributed by atoms with Crippen LogP contribution in [-0.4, -0.2) is 17.9 Å². The van der Waals surface area contributed by atoms with Crippen LogP contribution in [0.4, 0.5) is 35.9 Å². The second-order valence-corrected chi connectivity index (χ2v) is 7.32. The maximum Gasteiger partial charge on any atom is 0.416 e. The number of hydrogen-bond donors (Lipinski definition) is 3. The van der Waals surface area contributed by atoms with E-state index in [1.165, 1.54) is 31.4 Å². The van der Waals surface area contributed by atoms with Crippen molar-refractivity contribution in [3.8, 4) is 11.5 Å². The van der Waals surface area contributed by atoms with E-state index in [9.17, 15) is 27.6 Å². The molecule has 0 fully saturated rings. The van der Waals surface area contributed by atoms with Gasteiger partial charge in [-0.05, 0) is 48.5 Å². The molecule has 0 radical (unpaired) electrons. The van der Waals surface area contributed by atoms with Crippen molar-refractivity contribution in [1.82, 2.24) is 10.3 Å². The van der Waals surface area contributed by atoms with Crippen LogP contribution in [0.25, 0.3) is 0 Å². The van der Waals surface area contributed by atoms with Gasteiger partial charge in [-0.2, -0.15) is 13.2 Å². The summed E-state index contributed by atoms with van der Waals surface area (Å²) in [6, 6.07) is 13.7. The number of benzene rings is 2. The molecule has 0 aliphatic rings. The standard InChI is InChI=1S/C24H17F3N4O4/c1-28-23(34)18-12-17(9-10-29-18)35-16-7-5-14(6-8-16)30-19-20(22(33)21(19)32)31-15-4-2-3-13(11-15)24(25,26)27/h2-12,30-31H,1H3,(H,28,34). The van der Waals surface area contributed by atoms with E-state index >= 15 is 0 Å². The molecule has 0 unspecified atom stereocenters. The molecular formula is C24H17F3N4O4. The number of amides is 1. The number of anilines is 4. The molecule has 0 aliphatic heterocycles. The summed E-state index contributed by atoms with van der Waals surface area (Å²) in [5.74, 6) is 0.448. The summed E-state index contributed by atoms with van der Waals surface area (Å²) >= 11 is 0. The van der Waals surface area contributed by atoms with E-state index < -0.39 is 22.6 Å². The summed E-state index contributed by atoms with van der Waals surface area (Å²) in [5.41, 5.74) is -2.07. The van der Waals surface area contributed by atoms with Gasteiger partial charge in [0.1, 0.15) is 28.6 Å². The van der Waals surface area contributed by atoms with Gasteiger partial charge in [0, 0.05) is 30.7 Å². The smallest absolute Gasteiger partial charge is 0.416 e. The van der Waals surface area contributed by atoms with Gasteiger partial charge in [-0.3, -0.25) is 19.4 Å². The zero-order chi connectivity index (χ0) is 25.2. The second kappa shape index (κ2) is 9.29. The summed E-state index contributed by atoms with van der Waals surface area (Å²) in [4.78, 5) is 39.7. The van der Waals surface area contributed by atoms with Crippen molar-refractivity contribution in [3.63, 3.8) is 0 Å². The molecular weight excluding hydrogens is 465 g/mol. The van der Waals surface area contributed by atoms with Crippen LogP contribution >= 0.6 is 0 Å². The number of pyridine rings is 1. The van der Waals surface area contributed by atoms with Gasteiger partial charge < -0.3 is 20.7 Å². The lowest BCUT2D eigenvalue weighted by atomic mass is 10.1. The molecule has 4 rings (SSSR count). The monoisotopic (exact) mass is 482 g/mol. The van der Waals surface area contributed by atoms with Gasteiger partial charge in [-0.25, -0.2) is 0 Å². The number of carbonyl (C=O) groups excluding carboxylic acids is 1. The molecule has 0 saturated carbocycles. The SMILES string of the molecule is CNC(=O)c1cc(Oc2ccc(Nc3c(Nc4cccc(C(F)(F)F)c4)c(=O)c3=O)cc2)ccn1. The number of carbonyl (C=O) groups is 1. The number of aromatic nitrogens is 1. The molecule has 0 atom stereocenters. The summed E-state index contributed by atoms with van der Waals surface area (Å²) in [6.07, 6.45) is -3.11. The molecule has 4 aromatic rings. The van der Waals surface area contributed by atoms with Crippen LogP contribution in [0.3, 0.4) is 0 Å². The first-order chi connectivity index (χ1) is 16.7. The van der Waals surface area contributed by atoms with Crippen LogP contribution in [0.15, 0.2) is 76.4 Å². The van der Waals surface area contributed by atoms with Crippen molar-refractivity contribution < 1.29 is 22.7 Å². The maximum atomic E-state index is 12.9. The van der Waals surface area contributed by atoms with Crippen LogP contribution < -0.4 is 31.5 Å². The van der Waals surface area contributed by atoms with E-state index in [1.54, 1.807) is 30.3 Å². The largest absolute Gasteiger partial charge is 0.457 e. The van der Waals surface area contributed by atoms with Crippen LogP contribution in [0.2, 0.25) is 0 Å². The lowest BCUT2D eigenvalue weighted by Crippen LogP contribution is -2.35. The average molecular weight is 482 g/mol. The van der Waals surface area contributed by atoms with Crippen LogP contribution in [-0.2, 0) is 6.18 Å². The van der Waals surface area contributed by atoms with E-state index in [0.29, 0.717) is 17.2 Å². The van der Waals surface area contributed by atoms with E-state index in [4.69, 9.17) is 4.74 Å². The fourth-order valence-corrected chi connectivity index (χ4v) is 3.16. The summed E-state index contributed by atoms with van der Waals surface area (Å²) in [6.45, 7) is 0. The Balaban J connectivity index is 1.48. The first kappa shape index (κ1) is 23.5. The Morgan fingerprint density at radius 1 is 0.857 bits per heavy atom. The second-order valence-electron chi connectivity index (χ2n) is 7.32. The average Bonchev–Trinajstić information content (AvgIpc) is 2.86. The van der Waals surface area contributed by atoms with Crippen molar-refractivity contribution in [1.29, 1.82) is 0 Å². The first-order valence-electron chi connectivity index (χ1n) is 10.2. The van der Waals surface area contributed by atoms with E-state index in [1.807, 2.05) is 0 Å². The number of nitrogens with one attached hydrogen (secondary N) is 3. The van der Waals surface area contributed by atoms with Crippen LogP contribution in [0.5, 0.6) is 11.5 Å². The molecule has 0 saturated heterocycles. The molecule has 3 N–H and O–H groups in total. The third-order valence-corrected chi connectivity index (χ3v) is 4.92. The minimum Gasteiger partial charge on any atom is -0.457 e. The minimum absolute atomic E-state index is 0.0206. The Morgan fingerprint density at radius 3 is 2.14 bits per heavy atom. The Labute approximate surface area is 196 Å². The Kier molecular flexibility index (Phi) is 6.24. The van der Waals surface area contributed by atoms with Crippen molar-refractivity contribution >= 4 is 28.7 Å². The number of rotatable bonds is 7. The number of alkyl halides is 3. The molecule has 1 aromatic heterocycles. The lowest BCUT2D eigenvalue weighted by Gasteiger charge is -2.16. The summed E-state index contributed by atoms with van der Waals surface area (Å²) in [5, 5.41) is 7.86. The molecule has 3 aromatic carbocycles. The lowest BCUT2D eigenvalue weighted by molar-refractivity contribution is -0.137. The number of halogens is 3. The number of ether oxygens (including phenoxy) is 1. The minimum atomic E-state index is -4.54. The highest BCUT2D eigenvalue weighted by atomic mass is 19.4. The maximum absolute atomic E-state index is 12.9. The third-order valence-electron chi connectivity index (χ3n) is 4.92. The predicted molar refractivity (Wildman–Crippen MR) is 124 cm³/mol. The Bertz CT molecular complexity index is 1460. The molecule has 1 heterocycles. The van der Waals surface area contributed by atoms with Crippen molar-refractivity contribution in [2.75, 3.05) is 17.7 Å². The fourth-order valence-electron chi connectivity index (χ4n) is 3.16. The zero-order valence-electron chi connectivity index (χ0n) is 18.1. The zero-order valence-corrected chi connectivity index (χ0v) is 18.1. The number of nitrogens with zero attached hydrogens (tertiary/aromatic N) is 1. The van der Waals surface area contributed by atoms with Gasteiger partial charge in [-0.1, -0.05) is 6.07 Å². The topological polar surface area (TPSA) is 109 Å². The van der Waals surface area contributed by atoms with Gasteiger partial charge in [-0.15, -0.1) is 0 Å². The van der Waals surface area contributed by atoms with Gasteiger partial charge >= 0.3 is 6.18 Å². The molecule has 1 amide bonds. The Morgan fingerprint density at radius 2 is 1.51 bits per heavy atom.